The Bertz CT molecular complexity index is 859. The molecule has 0 radical (unpaired) electrons. The number of benzene rings is 1. The predicted octanol–water partition coefficient (Wildman–Crippen LogP) is 4.24. The highest BCUT2D eigenvalue weighted by Gasteiger charge is 2.34. The largest absolute Gasteiger partial charge is 0.385 e. The van der Waals surface area contributed by atoms with Crippen molar-refractivity contribution in [2.75, 3.05) is 39.9 Å². The zero-order chi connectivity index (χ0) is 21.6. The van der Waals surface area contributed by atoms with Crippen molar-refractivity contribution in [3.8, 4) is 0 Å². The van der Waals surface area contributed by atoms with Crippen LogP contribution in [0, 0.1) is 5.92 Å². The Labute approximate surface area is 187 Å². The van der Waals surface area contributed by atoms with Crippen molar-refractivity contribution in [3.05, 3.63) is 36.0 Å². The second-order valence-corrected chi connectivity index (χ2v) is 9.47. The second kappa shape index (κ2) is 10.6. The van der Waals surface area contributed by atoms with Crippen LogP contribution in [0.3, 0.4) is 0 Å². The van der Waals surface area contributed by atoms with Gasteiger partial charge < -0.3 is 19.1 Å². The summed E-state index contributed by atoms with van der Waals surface area (Å²) >= 11 is 0. The quantitative estimate of drug-likeness (QED) is 0.564. The first-order chi connectivity index (χ1) is 15.2. The minimum absolute atomic E-state index is 0.303. The molecule has 4 rings (SSSR count). The third kappa shape index (κ3) is 5.32. The molecule has 2 saturated heterocycles. The van der Waals surface area contributed by atoms with E-state index < -0.39 is 0 Å². The maximum Gasteiger partial charge on any atom is 0.222 e. The van der Waals surface area contributed by atoms with Gasteiger partial charge in [0.2, 0.25) is 5.91 Å². The lowest BCUT2D eigenvalue weighted by atomic mass is 9.83. The standard InChI is InChI=1S/C26H39N3O2/c1-27-19-21(23-10-3-4-12-25(23)27)13-14-26(30)29(17-8-18-31-2)20-22-9-7-16-28-15-6-5-11-24(22)28/h3-4,10,12,19,22,24H,5-9,11,13-18,20H2,1-2H3. The zero-order valence-corrected chi connectivity index (χ0v) is 19.4. The number of methoxy groups -OCH3 is 1. The normalized spacial score (nSPS) is 21.9. The number of nitrogens with zero attached hydrogens (tertiary/aromatic N) is 3. The third-order valence-electron chi connectivity index (χ3n) is 7.40. The summed E-state index contributed by atoms with van der Waals surface area (Å²) in [5, 5.41) is 1.27. The zero-order valence-electron chi connectivity index (χ0n) is 19.4. The Morgan fingerprint density at radius 1 is 1.16 bits per heavy atom. The van der Waals surface area contributed by atoms with E-state index in [4.69, 9.17) is 4.74 Å². The summed E-state index contributed by atoms with van der Waals surface area (Å²) in [6.07, 6.45) is 11.0. The molecule has 31 heavy (non-hydrogen) atoms. The average Bonchev–Trinajstić information content (AvgIpc) is 3.13. The molecule has 2 aliphatic heterocycles. The van der Waals surface area contributed by atoms with E-state index in [0.717, 1.165) is 25.9 Å². The lowest BCUT2D eigenvalue weighted by Crippen LogP contribution is -2.51. The summed E-state index contributed by atoms with van der Waals surface area (Å²) in [5.41, 5.74) is 2.51. The van der Waals surface area contributed by atoms with E-state index >= 15 is 0 Å². The first-order valence-corrected chi connectivity index (χ1v) is 12.2. The molecule has 0 bridgehead atoms. The highest BCUT2D eigenvalue weighted by Crippen LogP contribution is 2.31. The molecular formula is C26H39N3O2. The van der Waals surface area contributed by atoms with Crippen molar-refractivity contribution >= 4 is 16.8 Å². The number of aryl methyl sites for hydroxylation is 2. The van der Waals surface area contributed by atoms with Crippen molar-refractivity contribution in [3.63, 3.8) is 0 Å². The number of fused-ring (bicyclic) bond motifs is 2. The molecule has 5 nitrogen and oxygen atoms in total. The maximum atomic E-state index is 13.4. The molecule has 170 valence electrons. The van der Waals surface area contributed by atoms with Crippen LogP contribution in [0.5, 0.6) is 0 Å². The van der Waals surface area contributed by atoms with Gasteiger partial charge in [-0.3, -0.25) is 4.79 Å². The summed E-state index contributed by atoms with van der Waals surface area (Å²) in [6.45, 7) is 4.94. The number of carbonyl (C=O) groups excluding carboxylic acids is 1. The molecule has 5 heteroatoms. The van der Waals surface area contributed by atoms with Gasteiger partial charge in [0.15, 0.2) is 0 Å². The van der Waals surface area contributed by atoms with E-state index in [1.54, 1.807) is 7.11 Å². The Kier molecular flexibility index (Phi) is 7.67. The lowest BCUT2D eigenvalue weighted by molar-refractivity contribution is -0.132. The van der Waals surface area contributed by atoms with Gasteiger partial charge in [-0.2, -0.15) is 0 Å². The molecule has 2 unspecified atom stereocenters. The van der Waals surface area contributed by atoms with Crippen LogP contribution in [0.15, 0.2) is 30.5 Å². The number of piperidine rings is 2. The van der Waals surface area contributed by atoms with Crippen LogP contribution in [0.4, 0.5) is 0 Å². The van der Waals surface area contributed by atoms with Crippen molar-refractivity contribution in [1.29, 1.82) is 0 Å². The fourth-order valence-corrected chi connectivity index (χ4v) is 5.82. The highest BCUT2D eigenvalue weighted by molar-refractivity contribution is 5.85. The summed E-state index contributed by atoms with van der Waals surface area (Å²) in [4.78, 5) is 18.2. The molecule has 0 spiro atoms. The molecular weight excluding hydrogens is 386 g/mol. The summed E-state index contributed by atoms with van der Waals surface area (Å²) in [7, 11) is 3.83. The summed E-state index contributed by atoms with van der Waals surface area (Å²) < 4.78 is 7.45. The number of aromatic nitrogens is 1. The van der Waals surface area contributed by atoms with Crippen LogP contribution < -0.4 is 0 Å². The second-order valence-electron chi connectivity index (χ2n) is 9.47. The minimum atomic E-state index is 0.303. The first kappa shape index (κ1) is 22.3. The molecule has 2 fully saturated rings. The summed E-state index contributed by atoms with van der Waals surface area (Å²) in [5.74, 6) is 0.926. The lowest BCUT2D eigenvalue weighted by Gasteiger charge is -2.45. The molecule has 3 heterocycles. The van der Waals surface area contributed by atoms with Crippen LogP contribution in [0.1, 0.15) is 50.5 Å². The average molecular weight is 426 g/mol. The fourth-order valence-electron chi connectivity index (χ4n) is 5.82. The number of amides is 1. The van der Waals surface area contributed by atoms with Crippen LogP contribution in [0.2, 0.25) is 0 Å². The van der Waals surface area contributed by atoms with E-state index in [1.807, 2.05) is 0 Å². The fraction of sp³-hybridized carbons (Fsp3) is 0.654. The predicted molar refractivity (Wildman–Crippen MR) is 126 cm³/mol. The van der Waals surface area contributed by atoms with E-state index in [-0.39, 0.29) is 0 Å². The van der Waals surface area contributed by atoms with Crippen molar-refractivity contribution in [2.45, 2.75) is 57.4 Å². The van der Waals surface area contributed by atoms with Gasteiger partial charge in [0, 0.05) is 63.4 Å². The third-order valence-corrected chi connectivity index (χ3v) is 7.40. The van der Waals surface area contributed by atoms with Crippen LogP contribution in [0.25, 0.3) is 10.9 Å². The van der Waals surface area contributed by atoms with Gasteiger partial charge in [-0.25, -0.2) is 0 Å². The Hall–Kier alpha value is -1.85. The highest BCUT2D eigenvalue weighted by atomic mass is 16.5. The van der Waals surface area contributed by atoms with Gasteiger partial charge in [-0.1, -0.05) is 24.6 Å². The molecule has 1 amide bonds. The molecule has 0 saturated carbocycles. The smallest absolute Gasteiger partial charge is 0.222 e. The molecule has 1 aromatic carbocycles. The Morgan fingerprint density at radius 3 is 2.87 bits per heavy atom. The molecule has 0 N–H and O–H groups in total. The van der Waals surface area contributed by atoms with Crippen molar-refractivity contribution in [1.82, 2.24) is 14.4 Å². The van der Waals surface area contributed by atoms with E-state index in [0.29, 0.717) is 30.9 Å². The number of hydrogen-bond acceptors (Lipinski definition) is 3. The maximum absolute atomic E-state index is 13.4. The Morgan fingerprint density at radius 2 is 2.00 bits per heavy atom. The van der Waals surface area contributed by atoms with Crippen LogP contribution in [-0.2, 0) is 23.0 Å². The Balaban J connectivity index is 1.41. The topological polar surface area (TPSA) is 37.7 Å². The van der Waals surface area contributed by atoms with Gasteiger partial charge in [0.05, 0.1) is 0 Å². The SMILES string of the molecule is COCCCN(CC1CCCN2CCCCC12)C(=O)CCc1cn(C)c2ccccc12. The number of rotatable bonds is 9. The molecule has 2 aliphatic rings. The van der Waals surface area contributed by atoms with E-state index in [9.17, 15) is 4.79 Å². The molecule has 2 atom stereocenters. The minimum Gasteiger partial charge on any atom is -0.385 e. The number of para-hydroxylation sites is 1. The van der Waals surface area contributed by atoms with E-state index in [2.05, 4.69) is 51.9 Å². The monoisotopic (exact) mass is 425 g/mol. The molecule has 0 aliphatic carbocycles. The van der Waals surface area contributed by atoms with Crippen molar-refractivity contribution < 1.29 is 9.53 Å². The van der Waals surface area contributed by atoms with Gasteiger partial charge in [-0.05, 0) is 69.2 Å². The summed E-state index contributed by atoms with van der Waals surface area (Å²) in [6, 6.07) is 9.16. The van der Waals surface area contributed by atoms with Crippen LogP contribution in [-0.4, -0.2) is 66.2 Å². The first-order valence-electron chi connectivity index (χ1n) is 12.2. The van der Waals surface area contributed by atoms with Gasteiger partial charge >= 0.3 is 0 Å². The number of carbonyl (C=O) groups is 1. The van der Waals surface area contributed by atoms with E-state index in [1.165, 1.54) is 61.7 Å². The molecule has 2 aromatic rings. The number of ether oxygens (including phenoxy) is 1. The van der Waals surface area contributed by atoms with Crippen molar-refractivity contribution in [2.24, 2.45) is 13.0 Å². The van der Waals surface area contributed by atoms with Gasteiger partial charge in [0.1, 0.15) is 0 Å². The van der Waals surface area contributed by atoms with Gasteiger partial charge in [-0.15, -0.1) is 0 Å². The molecule has 1 aromatic heterocycles. The number of hydrogen-bond donors (Lipinski definition) is 0. The van der Waals surface area contributed by atoms with Gasteiger partial charge in [0.25, 0.3) is 0 Å². The van der Waals surface area contributed by atoms with Crippen LogP contribution >= 0.6 is 0 Å².